The Hall–Kier alpha value is -2.89. The van der Waals surface area contributed by atoms with Crippen molar-refractivity contribution in [3.8, 4) is 0 Å². The Morgan fingerprint density at radius 1 is 1.17 bits per heavy atom. The summed E-state index contributed by atoms with van der Waals surface area (Å²) in [6.07, 6.45) is 18.0. The number of hydrogen-bond acceptors (Lipinski definition) is 4. The summed E-state index contributed by atoms with van der Waals surface area (Å²) >= 11 is 0. The number of fused-ring (bicyclic) bond motifs is 1. The van der Waals surface area contributed by atoms with Gasteiger partial charge in [-0.05, 0) is 87.3 Å². The summed E-state index contributed by atoms with van der Waals surface area (Å²) < 4.78 is 5.77. The monoisotopic (exact) mass is 471 g/mol. The molecule has 4 aliphatic carbocycles. The van der Waals surface area contributed by atoms with E-state index in [4.69, 9.17) is 9.41 Å². The molecule has 1 saturated heterocycles. The highest BCUT2D eigenvalue weighted by Gasteiger charge is 2.57. The molecule has 35 heavy (non-hydrogen) atoms. The van der Waals surface area contributed by atoms with Gasteiger partial charge < -0.3 is 9.32 Å². The molecule has 2 saturated carbocycles. The van der Waals surface area contributed by atoms with Crippen LogP contribution in [-0.4, -0.2) is 52.6 Å². The highest BCUT2D eigenvalue weighted by atomic mass is 16.3. The normalized spacial score (nSPS) is 30.7. The van der Waals surface area contributed by atoms with E-state index in [9.17, 15) is 9.59 Å². The molecule has 2 aliphatic heterocycles. The lowest BCUT2D eigenvalue weighted by Crippen LogP contribution is -2.41. The molecular weight excluding hydrogens is 438 g/mol. The van der Waals surface area contributed by atoms with Gasteiger partial charge in [0.15, 0.2) is 0 Å². The van der Waals surface area contributed by atoms with Crippen LogP contribution in [0.5, 0.6) is 0 Å². The highest BCUT2D eigenvalue weighted by molar-refractivity contribution is 6.17. The summed E-state index contributed by atoms with van der Waals surface area (Å²) in [6, 6.07) is 2.16. The van der Waals surface area contributed by atoms with Crippen molar-refractivity contribution < 1.29 is 14.0 Å². The number of allylic oxidation sites excluding steroid dienone is 3. The topological polar surface area (TPSA) is 66.1 Å². The number of carbonyl (C=O) groups excluding carboxylic acids is 2. The quantitative estimate of drug-likeness (QED) is 0.643. The summed E-state index contributed by atoms with van der Waals surface area (Å²) in [5, 5.41) is 0. The number of likely N-dealkylation sites (tertiary alicyclic amines) is 1. The Morgan fingerprint density at radius 2 is 2.00 bits per heavy atom. The van der Waals surface area contributed by atoms with Gasteiger partial charge in [-0.2, -0.15) is 0 Å². The predicted molar refractivity (Wildman–Crippen MR) is 134 cm³/mol. The van der Waals surface area contributed by atoms with Gasteiger partial charge in [0, 0.05) is 31.1 Å². The second kappa shape index (κ2) is 7.81. The number of furan rings is 1. The van der Waals surface area contributed by atoms with Gasteiger partial charge in [-0.15, -0.1) is 0 Å². The molecule has 1 aromatic rings. The van der Waals surface area contributed by atoms with Crippen LogP contribution in [0.2, 0.25) is 0 Å². The van der Waals surface area contributed by atoms with E-state index in [1.54, 1.807) is 0 Å². The van der Waals surface area contributed by atoms with Crippen molar-refractivity contribution >= 4 is 23.7 Å². The lowest BCUT2D eigenvalue weighted by Gasteiger charge is -2.28. The molecular formula is C29H33N3O3. The molecule has 3 atom stereocenters. The first-order valence-corrected chi connectivity index (χ1v) is 13.4. The second-order valence-corrected chi connectivity index (χ2v) is 11.5. The summed E-state index contributed by atoms with van der Waals surface area (Å²) in [7, 11) is 0. The number of amidine groups is 1. The third-order valence-electron chi connectivity index (χ3n) is 8.76. The molecule has 7 rings (SSSR count). The van der Waals surface area contributed by atoms with Crippen LogP contribution in [0.3, 0.4) is 0 Å². The average molecular weight is 472 g/mol. The van der Waals surface area contributed by atoms with Crippen LogP contribution in [0.1, 0.15) is 55.6 Å². The molecule has 3 fully saturated rings. The first kappa shape index (κ1) is 21.4. The number of hydrogen-bond donors (Lipinski definition) is 0. The van der Waals surface area contributed by atoms with Gasteiger partial charge in [-0.3, -0.25) is 19.5 Å². The van der Waals surface area contributed by atoms with E-state index in [0.717, 1.165) is 81.0 Å². The largest absolute Gasteiger partial charge is 0.462 e. The number of aliphatic imine (C=N–C) groups is 1. The van der Waals surface area contributed by atoms with Gasteiger partial charge in [0.25, 0.3) is 5.91 Å². The van der Waals surface area contributed by atoms with Gasteiger partial charge >= 0.3 is 0 Å². The van der Waals surface area contributed by atoms with E-state index < -0.39 is 5.54 Å². The van der Waals surface area contributed by atoms with E-state index in [1.165, 1.54) is 5.56 Å². The van der Waals surface area contributed by atoms with Gasteiger partial charge in [-0.1, -0.05) is 24.3 Å². The van der Waals surface area contributed by atoms with Crippen LogP contribution < -0.4 is 0 Å². The van der Waals surface area contributed by atoms with Gasteiger partial charge in [0.1, 0.15) is 22.9 Å². The summed E-state index contributed by atoms with van der Waals surface area (Å²) in [6.45, 7) is 4.29. The van der Waals surface area contributed by atoms with Crippen LogP contribution in [0.15, 0.2) is 45.4 Å². The second-order valence-electron chi connectivity index (χ2n) is 11.5. The maximum atomic E-state index is 13.4. The molecule has 0 aromatic carbocycles. The minimum absolute atomic E-state index is 0.175. The Labute approximate surface area is 206 Å². The standard InChI is InChI=1S/C29H33N3O3/c1-18-14-24-15-23(8-9-25(24)35-18)20-2-4-21(5-3-20)26-30-29(11-12-29)28(34)32(26)17-19-10-13-31(16-19)27(33)22-6-7-22/h2,4-5,8-9,14,19-20,22-23H,3,6-7,10-13,15-17H2,1H3/t19-,20?,23?/m1/s1. The van der Waals surface area contributed by atoms with E-state index >= 15 is 0 Å². The van der Waals surface area contributed by atoms with Crippen molar-refractivity contribution in [2.45, 2.75) is 57.4 Å². The van der Waals surface area contributed by atoms with Crippen molar-refractivity contribution in [3.05, 3.63) is 53.0 Å². The molecule has 6 heteroatoms. The molecule has 2 unspecified atom stereocenters. The lowest BCUT2D eigenvalue weighted by molar-refractivity contribution is -0.131. The fourth-order valence-electron chi connectivity index (χ4n) is 6.35. The van der Waals surface area contributed by atoms with Gasteiger partial charge in [0.05, 0.1) is 0 Å². The first-order chi connectivity index (χ1) is 17.0. The van der Waals surface area contributed by atoms with Crippen molar-refractivity contribution in [3.63, 3.8) is 0 Å². The van der Waals surface area contributed by atoms with Crippen molar-refractivity contribution in [2.24, 2.45) is 28.7 Å². The molecule has 1 aromatic heterocycles. The third kappa shape index (κ3) is 3.73. The van der Waals surface area contributed by atoms with E-state index in [1.807, 2.05) is 16.7 Å². The first-order valence-electron chi connectivity index (χ1n) is 13.4. The van der Waals surface area contributed by atoms with Crippen molar-refractivity contribution in [1.29, 1.82) is 0 Å². The highest BCUT2D eigenvalue weighted by Crippen LogP contribution is 2.47. The molecule has 3 heterocycles. The van der Waals surface area contributed by atoms with Gasteiger partial charge in [-0.25, -0.2) is 0 Å². The smallest absolute Gasteiger partial charge is 0.256 e. The molecule has 0 radical (unpaired) electrons. The van der Waals surface area contributed by atoms with E-state index in [2.05, 4.69) is 36.4 Å². The molecule has 182 valence electrons. The van der Waals surface area contributed by atoms with E-state index in [0.29, 0.717) is 30.2 Å². The number of nitrogens with zero attached hydrogens (tertiary/aromatic N) is 3. The number of amides is 2. The Bertz CT molecular complexity index is 1210. The molecule has 6 aliphatic rings. The Balaban J connectivity index is 1.04. The van der Waals surface area contributed by atoms with E-state index in [-0.39, 0.29) is 11.8 Å². The van der Waals surface area contributed by atoms with Crippen LogP contribution in [0, 0.1) is 30.6 Å². The number of rotatable bonds is 5. The zero-order chi connectivity index (χ0) is 23.7. The fourth-order valence-corrected chi connectivity index (χ4v) is 6.35. The molecule has 0 N–H and O–H groups in total. The maximum Gasteiger partial charge on any atom is 0.256 e. The van der Waals surface area contributed by atoms with Crippen molar-refractivity contribution in [1.82, 2.24) is 9.80 Å². The SMILES string of the molecule is Cc1cc2c(o1)C=CC(C1C=CC(C3=NC4(CC4)C(=O)N3C[C@@H]3CCN(C(=O)C4CC4)C3)=CC1)C2. The Morgan fingerprint density at radius 3 is 2.74 bits per heavy atom. The minimum atomic E-state index is -0.495. The zero-order valence-corrected chi connectivity index (χ0v) is 20.4. The molecule has 0 bridgehead atoms. The summed E-state index contributed by atoms with van der Waals surface area (Å²) in [5.74, 6) is 4.84. The summed E-state index contributed by atoms with van der Waals surface area (Å²) in [4.78, 5) is 34.8. The zero-order valence-electron chi connectivity index (χ0n) is 20.4. The average Bonchev–Trinajstić information content (AvgIpc) is 3.76. The van der Waals surface area contributed by atoms with Crippen LogP contribution in [0.4, 0.5) is 0 Å². The van der Waals surface area contributed by atoms with Crippen LogP contribution >= 0.6 is 0 Å². The number of carbonyl (C=O) groups is 2. The lowest BCUT2D eigenvalue weighted by atomic mass is 9.79. The molecule has 1 spiro atoms. The van der Waals surface area contributed by atoms with Crippen LogP contribution in [-0.2, 0) is 16.0 Å². The number of aryl methyl sites for hydroxylation is 1. The fraction of sp³-hybridized carbons (Fsp3) is 0.552. The summed E-state index contributed by atoms with van der Waals surface area (Å²) in [5.41, 5.74) is 1.89. The van der Waals surface area contributed by atoms with Crippen molar-refractivity contribution in [2.75, 3.05) is 19.6 Å². The third-order valence-corrected chi connectivity index (χ3v) is 8.76. The van der Waals surface area contributed by atoms with Gasteiger partial charge in [0.2, 0.25) is 5.91 Å². The predicted octanol–water partition coefficient (Wildman–Crippen LogP) is 4.31. The van der Waals surface area contributed by atoms with Crippen LogP contribution in [0.25, 0.3) is 6.08 Å². The molecule has 6 nitrogen and oxygen atoms in total. The maximum absolute atomic E-state index is 13.4. The Kier molecular flexibility index (Phi) is 4.77. The molecule has 2 amide bonds. The minimum Gasteiger partial charge on any atom is -0.462 e.